The molecule has 0 bridgehead atoms. The minimum atomic E-state index is -1.57. The summed E-state index contributed by atoms with van der Waals surface area (Å²) in [6.45, 7) is -0.526. The summed E-state index contributed by atoms with van der Waals surface area (Å²) >= 11 is 0. The molecule has 0 aromatic rings. The van der Waals surface area contributed by atoms with Crippen molar-refractivity contribution in [2.75, 3.05) is 6.61 Å². The van der Waals surface area contributed by atoms with Gasteiger partial charge >= 0.3 is 0 Å². The zero-order valence-electron chi connectivity index (χ0n) is 6.24. The van der Waals surface area contributed by atoms with E-state index in [9.17, 15) is 0 Å². The van der Waals surface area contributed by atoms with Crippen molar-refractivity contribution in [3.63, 3.8) is 0 Å². The molecule has 1 fully saturated rings. The van der Waals surface area contributed by atoms with Gasteiger partial charge in [-0.15, -0.1) is 0 Å². The van der Waals surface area contributed by atoms with Crippen LogP contribution in [0.2, 0.25) is 0 Å². The first-order valence-corrected chi connectivity index (χ1v) is 3.56. The Bertz CT molecular complexity index is 146. The number of aliphatic hydroxyl groups is 5. The Morgan fingerprint density at radius 2 is 1.50 bits per heavy atom. The number of ether oxygens (including phenoxy) is 1. The van der Waals surface area contributed by atoms with Crippen LogP contribution >= 0.6 is 0 Å². The number of aliphatic hydroxyl groups excluding tert-OH is 5. The van der Waals surface area contributed by atoms with Gasteiger partial charge in [0.1, 0.15) is 24.4 Å². The van der Waals surface area contributed by atoms with E-state index in [0.717, 1.165) is 0 Å². The first-order valence-electron chi connectivity index (χ1n) is 3.56. The highest BCUT2D eigenvalue weighted by molar-refractivity contribution is 4.87. The molecule has 0 aromatic carbocycles. The third-order valence-electron chi connectivity index (χ3n) is 1.87. The zero-order valence-corrected chi connectivity index (χ0v) is 6.24. The topological polar surface area (TPSA) is 110 Å². The van der Waals surface area contributed by atoms with Crippen molar-refractivity contribution < 1.29 is 30.3 Å². The van der Waals surface area contributed by atoms with Gasteiger partial charge in [-0.05, 0) is 0 Å². The summed E-state index contributed by atoms with van der Waals surface area (Å²) in [5.74, 6) is 0. The van der Waals surface area contributed by atoms with Gasteiger partial charge in [-0.3, -0.25) is 0 Å². The molecule has 0 radical (unpaired) electrons. The molecule has 0 aromatic heterocycles. The first kappa shape index (κ1) is 9.85. The van der Waals surface area contributed by atoms with E-state index in [4.69, 9.17) is 25.5 Å². The molecule has 72 valence electrons. The van der Waals surface area contributed by atoms with E-state index in [1.807, 2.05) is 0 Å². The van der Waals surface area contributed by atoms with Crippen LogP contribution in [-0.2, 0) is 4.74 Å². The van der Waals surface area contributed by atoms with Gasteiger partial charge in [-0.1, -0.05) is 0 Å². The molecule has 6 heteroatoms. The Morgan fingerprint density at radius 3 is 2.00 bits per heavy atom. The molecule has 0 spiro atoms. The standard InChI is InChI=1S/C6H12O6/c7-1-2-3(8)4(9)5(10)6(11)12-2/h2-11H,1H2/t2?,3-,4-,5+,6?/m0/s1. The molecule has 1 saturated heterocycles. The maximum atomic E-state index is 9.12. The van der Waals surface area contributed by atoms with E-state index >= 15 is 0 Å². The average Bonchev–Trinajstić information content (AvgIpc) is 2.08. The van der Waals surface area contributed by atoms with Gasteiger partial charge in [0.25, 0.3) is 0 Å². The second kappa shape index (κ2) is 3.65. The zero-order chi connectivity index (χ0) is 9.30. The minimum Gasteiger partial charge on any atom is -0.394 e. The molecule has 0 saturated carbocycles. The molecule has 1 rings (SSSR count). The molecule has 12 heavy (non-hydrogen) atoms. The highest BCUT2D eigenvalue weighted by atomic mass is 16.6. The second-order valence-corrected chi connectivity index (χ2v) is 2.72. The molecular weight excluding hydrogens is 168 g/mol. The lowest BCUT2D eigenvalue weighted by Gasteiger charge is -2.37. The lowest BCUT2D eigenvalue weighted by Crippen LogP contribution is -2.58. The SMILES string of the molecule is OCC1OC(O)[C@H](O)[C@@H](O)[C@H]1O. The summed E-state index contributed by atoms with van der Waals surface area (Å²) in [4.78, 5) is 0. The molecule has 0 aliphatic carbocycles. The summed E-state index contributed by atoms with van der Waals surface area (Å²) in [5, 5.41) is 44.7. The minimum absolute atomic E-state index is 0.526. The molecule has 6 nitrogen and oxygen atoms in total. The molecule has 1 aliphatic heterocycles. The monoisotopic (exact) mass is 180 g/mol. The van der Waals surface area contributed by atoms with Gasteiger partial charge in [0.15, 0.2) is 6.29 Å². The van der Waals surface area contributed by atoms with Crippen LogP contribution in [0.3, 0.4) is 0 Å². The van der Waals surface area contributed by atoms with Gasteiger partial charge in [-0.25, -0.2) is 0 Å². The predicted molar refractivity (Wildman–Crippen MR) is 36.0 cm³/mol. The lowest BCUT2D eigenvalue weighted by molar-refractivity contribution is -0.286. The van der Waals surface area contributed by atoms with Crippen molar-refractivity contribution in [1.82, 2.24) is 0 Å². The van der Waals surface area contributed by atoms with Crippen molar-refractivity contribution in [3.8, 4) is 0 Å². The van der Waals surface area contributed by atoms with Crippen LogP contribution in [0, 0.1) is 0 Å². The van der Waals surface area contributed by atoms with Gasteiger partial charge in [-0.2, -0.15) is 0 Å². The lowest BCUT2D eigenvalue weighted by atomic mass is 10.00. The van der Waals surface area contributed by atoms with Crippen molar-refractivity contribution in [1.29, 1.82) is 0 Å². The Hall–Kier alpha value is -0.240. The highest BCUT2D eigenvalue weighted by Crippen LogP contribution is 2.18. The molecule has 0 amide bonds. The molecule has 2 unspecified atom stereocenters. The van der Waals surface area contributed by atoms with Crippen LogP contribution in [0.15, 0.2) is 0 Å². The molecular formula is C6H12O6. The van der Waals surface area contributed by atoms with Crippen LogP contribution in [-0.4, -0.2) is 62.8 Å². The van der Waals surface area contributed by atoms with Gasteiger partial charge in [0.05, 0.1) is 6.61 Å². The summed E-state index contributed by atoms with van der Waals surface area (Å²) in [7, 11) is 0. The highest BCUT2D eigenvalue weighted by Gasteiger charge is 2.42. The predicted octanol–water partition coefficient (Wildman–Crippen LogP) is -3.22. The van der Waals surface area contributed by atoms with Gasteiger partial charge in [0, 0.05) is 0 Å². The van der Waals surface area contributed by atoms with Crippen LogP contribution in [0.4, 0.5) is 0 Å². The fourth-order valence-corrected chi connectivity index (χ4v) is 1.08. The Morgan fingerprint density at radius 1 is 0.917 bits per heavy atom. The average molecular weight is 180 g/mol. The van der Waals surface area contributed by atoms with Gasteiger partial charge < -0.3 is 30.3 Å². The summed E-state index contributed by atoms with van der Waals surface area (Å²) in [6.07, 6.45) is -7.04. The maximum absolute atomic E-state index is 9.12. The third-order valence-corrected chi connectivity index (χ3v) is 1.87. The quantitative estimate of drug-likeness (QED) is 0.290. The van der Waals surface area contributed by atoms with E-state index in [0.29, 0.717) is 0 Å². The Labute approximate surface area is 68.6 Å². The van der Waals surface area contributed by atoms with E-state index in [2.05, 4.69) is 4.74 Å². The van der Waals surface area contributed by atoms with E-state index in [1.54, 1.807) is 0 Å². The van der Waals surface area contributed by atoms with Crippen molar-refractivity contribution in [2.24, 2.45) is 0 Å². The van der Waals surface area contributed by atoms with Crippen LogP contribution < -0.4 is 0 Å². The summed E-state index contributed by atoms with van der Waals surface area (Å²) in [6, 6.07) is 0. The smallest absolute Gasteiger partial charge is 0.184 e. The summed E-state index contributed by atoms with van der Waals surface area (Å²) < 4.78 is 4.58. The molecule has 1 heterocycles. The summed E-state index contributed by atoms with van der Waals surface area (Å²) in [5.41, 5.74) is 0. The van der Waals surface area contributed by atoms with E-state index in [1.165, 1.54) is 0 Å². The Balaban J connectivity index is 2.63. The molecule has 5 N–H and O–H groups in total. The van der Waals surface area contributed by atoms with Crippen molar-refractivity contribution >= 4 is 0 Å². The first-order chi connectivity index (χ1) is 5.57. The van der Waals surface area contributed by atoms with Crippen molar-refractivity contribution in [3.05, 3.63) is 0 Å². The van der Waals surface area contributed by atoms with Crippen LogP contribution in [0.25, 0.3) is 0 Å². The largest absolute Gasteiger partial charge is 0.394 e. The third kappa shape index (κ3) is 1.58. The number of rotatable bonds is 1. The number of hydrogen-bond acceptors (Lipinski definition) is 6. The van der Waals surface area contributed by atoms with Crippen LogP contribution in [0.1, 0.15) is 0 Å². The molecule has 5 atom stereocenters. The van der Waals surface area contributed by atoms with Gasteiger partial charge in [0.2, 0.25) is 0 Å². The van der Waals surface area contributed by atoms with Crippen LogP contribution in [0.5, 0.6) is 0 Å². The molecule has 1 aliphatic rings. The normalized spacial score (nSPS) is 49.2. The Kier molecular flexibility index (Phi) is 2.99. The van der Waals surface area contributed by atoms with E-state index in [-0.39, 0.29) is 0 Å². The fraction of sp³-hybridized carbons (Fsp3) is 1.00. The van der Waals surface area contributed by atoms with E-state index < -0.39 is 37.3 Å². The second-order valence-electron chi connectivity index (χ2n) is 2.72. The van der Waals surface area contributed by atoms with Crippen molar-refractivity contribution in [2.45, 2.75) is 30.7 Å². The fourth-order valence-electron chi connectivity index (χ4n) is 1.08. The number of hydrogen-bond donors (Lipinski definition) is 5. The maximum Gasteiger partial charge on any atom is 0.184 e.